The van der Waals surface area contributed by atoms with Gasteiger partial charge in [-0.25, -0.2) is 0 Å². The molecular formula is C83H149N9O3S3. The third-order valence-corrected chi connectivity index (χ3v) is 28.5. The summed E-state index contributed by atoms with van der Waals surface area (Å²) in [6, 6.07) is 21.6. The largest absolute Gasteiger partial charge is 0.314 e. The van der Waals surface area contributed by atoms with E-state index in [4.69, 9.17) is 0 Å². The molecule has 9 heterocycles. The normalized spacial score (nSPS) is 25.3. The third kappa shape index (κ3) is 22.6. The first kappa shape index (κ1) is 81.4. The number of likely N-dealkylation sites (tertiary alicyclic amines) is 5. The quantitative estimate of drug-likeness (QED) is 0.221. The second-order valence-electron chi connectivity index (χ2n) is 36.6. The Kier molecular flexibility index (Phi) is 29.3. The number of nitrogens with zero attached hydrogens (tertiary/aromatic N) is 8. The van der Waals surface area contributed by atoms with Gasteiger partial charge in [0, 0.05) is 133 Å². The second-order valence-corrected chi connectivity index (χ2v) is 43.3. The predicted octanol–water partition coefficient (Wildman–Crippen LogP) is 16.7. The fraction of sp³-hybridized carbons (Fsp3) is 0.783. The van der Waals surface area contributed by atoms with E-state index in [1.807, 2.05) is 80.5 Å². The molecule has 0 radical (unpaired) electrons. The monoisotopic (exact) mass is 1420 g/mol. The van der Waals surface area contributed by atoms with Crippen LogP contribution in [0.5, 0.6) is 0 Å². The maximum absolute atomic E-state index is 12.3. The molecule has 12 nitrogen and oxygen atoms in total. The molecule has 3 aromatic carbocycles. The Morgan fingerprint density at radius 1 is 0.378 bits per heavy atom. The number of benzene rings is 3. The number of nitrogens with one attached hydrogen (secondary N) is 1. The molecule has 3 aromatic rings. The van der Waals surface area contributed by atoms with Gasteiger partial charge in [-0.2, -0.15) is 0 Å². The SMILES string of the molecule is CC(C)(C)N1CC2CCC(C1)C2N1CCCC1.CC(C)(C)N1CCC(C2CCCN2)CC1.CC(C)(C)N1CCC(N2CCCC2)CC1.CCN1Cc2ccc(S(=O)C(C)(C)C)cc2C1.CCN1Cc2ccc(S(=O)C(C)(C)C)cc2C1.CCN1Cc2ccc(S(=O)C(C)(C)C)cc2C1.[HH].[HH].[HH]. The van der Waals surface area contributed by atoms with Crippen LogP contribution in [-0.4, -0.2) is 192 Å². The predicted molar refractivity (Wildman–Crippen MR) is 426 cm³/mol. The molecule has 9 aliphatic heterocycles. The van der Waals surface area contributed by atoms with Crippen LogP contribution in [0.2, 0.25) is 0 Å². The minimum Gasteiger partial charge on any atom is -0.314 e. The molecular weight excluding hydrogens is 1270 g/mol. The second kappa shape index (κ2) is 35.2. The molecule has 1 saturated carbocycles. The van der Waals surface area contributed by atoms with E-state index in [1.54, 1.807) is 0 Å². The molecule has 98 heavy (non-hydrogen) atoms. The van der Waals surface area contributed by atoms with Gasteiger partial charge in [0.1, 0.15) is 0 Å². The number of hydrogen-bond donors (Lipinski definition) is 1. The molecule has 0 aromatic heterocycles. The zero-order valence-electron chi connectivity index (χ0n) is 66.3. The summed E-state index contributed by atoms with van der Waals surface area (Å²) in [6.45, 7) is 69.9. The van der Waals surface area contributed by atoms with Crippen LogP contribution in [-0.2, 0) is 71.7 Å². The van der Waals surface area contributed by atoms with Gasteiger partial charge >= 0.3 is 0 Å². The summed E-state index contributed by atoms with van der Waals surface area (Å²) in [5, 5.41) is 3.66. The summed E-state index contributed by atoms with van der Waals surface area (Å²) >= 11 is 0. The Morgan fingerprint density at radius 2 is 0.704 bits per heavy atom. The molecule has 2 bridgehead atoms. The van der Waals surface area contributed by atoms with Crippen LogP contribution >= 0.6 is 0 Å². The summed E-state index contributed by atoms with van der Waals surface area (Å²) in [7, 11) is -2.77. The molecule has 6 atom stereocenters. The Hall–Kier alpha value is -2.25. The van der Waals surface area contributed by atoms with E-state index in [-0.39, 0.29) is 18.5 Å². The van der Waals surface area contributed by atoms with Crippen LogP contribution < -0.4 is 5.32 Å². The zero-order valence-corrected chi connectivity index (χ0v) is 68.8. The van der Waals surface area contributed by atoms with Crippen molar-refractivity contribution in [1.82, 2.24) is 44.5 Å². The van der Waals surface area contributed by atoms with E-state index in [0.717, 1.165) is 109 Å². The van der Waals surface area contributed by atoms with Crippen LogP contribution in [0.15, 0.2) is 69.3 Å². The van der Waals surface area contributed by atoms with Crippen molar-refractivity contribution in [2.75, 3.05) is 91.6 Å². The molecule has 1 N–H and O–H groups in total. The lowest BCUT2D eigenvalue weighted by molar-refractivity contribution is 0.0143. The first-order valence-electron chi connectivity index (χ1n) is 39.2. The standard InChI is InChI=1S/C15H28N2.3C14H21NOS.2C13H26N2.3H2/c1-15(2,3)17-10-12-6-7-13(11-17)14(12)16-8-4-5-9-16;3*1-5-15-9-11-6-7-13(8-12(11)10-15)17(16)14(2,3)4;1-13(2,3)15-9-6-11(7-10-15)12-5-4-8-14-12;1-13(2,3)15-10-6-12(7-11-15)14-8-4-5-9-14;;;/h12-14H,4-11H2,1-3H3;3*6-8H,5,9-10H2,1-4H3;11-12,14H,4-10H2,1-3H3;12H,4-11H2,1-3H3;3*1H. The van der Waals surface area contributed by atoms with Gasteiger partial charge in [-0.15, -0.1) is 0 Å². The van der Waals surface area contributed by atoms with Crippen molar-refractivity contribution in [2.24, 2.45) is 17.8 Å². The van der Waals surface area contributed by atoms with Gasteiger partial charge in [-0.05, 0) is 355 Å². The van der Waals surface area contributed by atoms with E-state index in [0.29, 0.717) is 16.6 Å². The van der Waals surface area contributed by atoms with Crippen molar-refractivity contribution in [2.45, 2.75) is 325 Å². The lowest BCUT2D eigenvalue weighted by atomic mass is 9.87. The van der Waals surface area contributed by atoms with E-state index < -0.39 is 32.4 Å². The van der Waals surface area contributed by atoms with Gasteiger partial charge in [0.15, 0.2) is 0 Å². The van der Waals surface area contributed by atoms with Crippen molar-refractivity contribution in [1.29, 1.82) is 0 Å². The molecule has 15 heteroatoms. The van der Waals surface area contributed by atoms with Crippen molar-refractivity contribution < 1.29 is 16.9 Å². The van der Waals surface area contributed by atoms with Gasteiger partial charge in [0.2, 0.25) is 0 Å². The van der Waals surface area contributed by atoms with Crippen LogP contribution in [0.4, 0.5) is 0 Å². The Morgan fingerprint density at radius 3 is 1.01 bits per heavy atom. The molecule has 10 aliphatic rings. The van der Waals surface area contributed by atoms with Gasteiger partial charge in [0.25, 0.3) is 0 Å². The van der Waals surface area contributed by atoms with Crippen LogP contribution in [0, 0.1) is 17.8 Å². The molecule has 13 rings (SSSR count). The van der Waals surface area contributed by atoms with E-state index in [9.17, 15) is 12.6 Å². The Bertz CT molecular complexity index is 2800. The molecule has 6 saturated heterocycles. The maximum atomic E-state index is 12.3. The summed E-state index contributed by atoms with van der Waals surface area (Å²) in [5.74, 6) is 2.88. The summed E-state index contributed by atoms with van der Waals surface area (Å²) in [4.78, 5) is 23.7. The molecule has 6 unspecified atom stereocenters. The highest BCUT2D eigenvalue weighted by Gasteiger charge is 2.47. The third-order valence-electron chi connectivity index (χ3n) is 23.1. The van der Waals surface area contributed by atoms with Gasteiger partial charge in [-0.3, -0.25) is 46.9 Å². The number of fused-ring (bicyclic) bond motifs is 5. The van der Waals surface area contributed by atoms with Crippen molar-refractivity contribution in [3.8, 4) is 0 Å². The molecule has 0 spiro atoms. The van der Waals surface area contributed by atoms with Crippen molar-refractivity contribution in [3.05, 3.63) is 88.0 Å². The van der Waals surface area contributed by atoms with Crippen LogP contribution in [0.25, 0.3) is 0 Å². The highest BCUT2D eigenvalue weighted by Crippen LogP contribution is 2.43. The minimum absolute atomic E-state index is 0. The number of piperidine rings is 3. The first-order valence-corrected chi connectivity index (χ1v) is 42.6. The summed E-state index contributed by atoms with van der Waals surface area (Å²) in [6.07, 6.45) is 17.1. The average molecular weight is 1420 g/mol. The minimum atomic E-state index is -0.925. The van der Waals surface area contributed by atoms with E-state index in [1.165, 1.54) is 182 Å². The molecule has 0 amide bonds. The lowest BCUT2D eigenvalue weighted by Crippen LogP contribution is -2.56. The average Bonchev–Trinajstić information content (AvgIpc) is 1.63. The lowest BCUT2D eigenvalue weighted by Gasteiger charge is -2.47. The van der Waals surface area contributed by atoms with Gasteiger partial charge in [0.05, 0.1) is 32.4 Å². The Balaban J connectivity index is 0.000000217. The maximum Gasteiger partial charge on any atom is 0.0583 e. The molecule has 7 fully saturated rings. The van der Waals surface area contributed by atoms with Crippen LogP contribution in [0.3, 0.4) is 0 Å². The smallest absolute Gasteiger partial charge is 0.0583 e. The van der Waals surface area contributed by atoms with Gasteiger partial charge in [-0.1, -0.05) is 39.0 Å². The highest BCUT2D eigenvalue weighted by molar-refractivity contribution is 7.87. The van der Waals surface area contributed by atoms with Crippen molar-refractivity contribution >= 4 is 32.4 Å². The van der Waals surface area contributed by atoms with Crippen molar-refractivity contribution in [3.63, 3.8) is 0 Å². The topological polar surface area (TPSA) is 89.2 Å². The van der Waals surface area contributed by atoms with E-state index >= 15 is 0 Å². The highest BCUT2D eigenvalue weighted by atomic mass is 32.2. The fourth-order valence-electron chi connectivity index (χ4n) is 16.9. The Labute approximate surface area is 612 Å². The first-order chi connectivity index (χ1) is 45.9. The molecule has 562 valence electrons. The summed E-state index contributed by atoms with van der Waals surface area (Å²) in [5.41, 5.74) is 9.33. The fourth-order valence-corrected chi connectivity index (χ4v) is 20.3. The van der Waals surface area contributed by atoms with Crippen LogP contribution in [0.1, 0.15) is 260 Å². The van der Waals surface area contributed by atoms with E-state index in [2.05, 4.69) is 164 Å². The number of hydrogen-bond acceptors (Lipinski definition) is 12. The zero-order chi connectivity index (χ0) is 71.7. The van der Waals surface area contributed by atoms with Gasteiger partial charge < -0.3 is 10.2 Å². The number of rotatable bonds is 9. The summed E-state index contributed by atoms with van der Waals surface area (Å²) < 4.78 is 36.4. The molecule has 1 aliphatic carbocycles.